The maximum absolute atomic E-state index is 12.2. The van der Waals surface area contributed by atoms with Gasteiger partial charge in [-0.25, -0.2) is 4.98 Å². The van der Waals surface area contributed by atoms with Gasteiger partial charge in [-0.2, -0.15) is 5.10 Å². The summed E-state index contributed by atoms with van der Waals surface area (Å²) in [6, 6.07) is 15.7. The van der Waals surface area contributed by atoms with Crippen LogP contribution >= 0.6 is 0 Å². The molecule has 0 aliphatic carbocycles. The van der Waals surface area contributed by atoms with Crippen molar-refractivity contribution in [3.8, 4) is 11.3 Å². The van der Waals surface area contributed by atoms with Crippen molar-refractivity contribution in [1.82, 2.24) is 19.2 Å². The number of rotatable bonds is 5. The number of carbonyl (C=O) groups excluding carboxylic acids is 1. The Balaban J connectivity index is 1.40. The summed E-state index contributed by atoms with van der Waals surface area (Å²) in [5.41, 5.74) is 5.64. The number of benzene rings is 1. The van der Waals surface area contributed by atoms with E-state index in [9.17, 15) is 4.79 Å². The molecule has 0 unspecified atom stereocenters. The number of amides is 1. The highest BCUT2D eigenvalue weighted by atomic mass is 16.1. The SMILES string of the molecule is Cc1cc(C)n(CCC(=O)Nc2ccc(-c3cn4ccccc4n3)cc2)n1. The van der Waals surface area contributed by atoms with Crippen LogP contribution in [0, 0.1) is 13.8 Å². The molecule has 0 saturated heterocycles. The van der Waals surface area contributed by atoms with Gasteiger partial charge in [0.25, 0.3) is 0 Å². The zero-order chi connectivity index (χ0) is 18.8. The van der Waals surface area contributed by atoms with Crippen LogP contribution in [0.1, 0.15) is 17.8 Å². The molecule has 0 fully saturated rings. The van der Waals surface area contributed by atoms with Crippen molar-refractivity contribution < 1.29 is 4.79 Å². The third-order valence-electron chi connectivity index (χ3n) is 4.48. The number of hydrogen-bond donors (Lipinski definition) is 1. The molecule has 0 spiro atoms. The van der Waals surface area contributed by atoms with Gasteiger partial charge in [-0.1, -0.05) is 18.2 Å². The topological polar surface area (TPSA) is 64.2 Å². The van der Waals surface area contributed by atoms with E-state index >= 15 is 0 Å². The average molecular weight is 359 g/mol. The van der Waals surface area contributed by atoms with Crippen molar-refractivity contribution in [3.05, 3.63) is 72.3 Å². The smallest absolute Gasteiger partial charge is 0.226 e. The van der Waals surface area contributed by atoms with Gasteiger partial charge in [-0.15, -0.1) is 0 Å². The quantitative estimate of drug-likeness (QED) is 0.589. The Morgan fingerprint density at radius 2 is 1.93 bits per heavy atom. The highest BCUT2D eigenvalue weighted by molar-refractivity contribution is 5.90. The van der Waals surface area contributed by atoms with Gasteiger partial charge in [0.05, 0.1) is 11.4 Å². The van der Waals surface area contributed by atoms with Crippen LogP contribution < -0.4 is 5.32 Å². The highest BCUT2D eigenvalue weighted by Crippen LogP contribution is 2.21. The van der Waals surface area contributed by atoms with Gasteiger partial charge in [-0.05, 0) is 44.2 Å². The number of carbonyl (C=O) groups is 1. The van der Waals surface area contributed by atoms with Gasteiger partial charge in [0.2, 0.25) is 5.91 Å². The minimum Gasteiger partial charge on any atom is -0.326 e. The van der Waals surface area contributed by atoms with E-state index in [2.05, 4.69) is 15.4 Å². The molecular formula is C21H21N5O. The summed E-state index contributed by atoms with van der Waals surface area (Å²) in [5.74, 6) is -0.0250. The lowest BCUT2D eigenvalue weighted by atomic mass is 10.1. The Morgan fingerprint density at radius 3 is 2.63 bits per heavy atom. The molecule has 27 heavy (non-hydrogen) atoms. The first-order valence-electron chi connectivity index (χ1n) is 8.93. The molecule has 0 aliphatic heterocycles. The van der Waals surface area contributed by atoms with Crippen LogP contribution in [0.2, 0.25) is 0 Å². The van der Waals surface area contributed by atoms with Gasteiger partial charge in [0.1, 0.15) is 5.65 Å². The molecule has 0 aliphatic rings. The first-order valence-corrected chi connectivity index (χ1v) is 8.93. The second kappa shape index (κ2) is 7.07. The monoisotopic (exact) mass is 359 g/mol. The van der Waals surface area contributed by atoms with E-state index in [1.807, 2.05) is 83.9 Å². The minimum atomic E-state index is -0.0250. The first kappa shape index (κ1) is 17.0. The van der Waals surface area contributed by atoms with Gasteiger partial charge in [0, 0.05) is 42.3 Å². The minimum absolute atomic E-state index is 0.0250. The molecule has 136 valence electrons. The van der Waals surface area contributed by atoms with E-state index < -0.39 is 0 Å². The molecule has 6 heteroatoms. The Labute approximate surface area is 157 Å². The first-order chi connectivity index (χ1) is 13.1. The number of anilines is 1. The Hall–Kier alpha value is -3.41. The summed E-state index contributed by atoms with van der Waals surface area (Å²) in [6.07, 6.45) is 4.36. The van der Waals surface area contributed by atoms with Crippen LogP contribution in [0.25, 0.3) is 16.9 Å². The van der Waals surface area contributed by atoms with Crippen molar-refractivity contribution in [3.63, 3.8) is 0 Å². The lowest BCUT2D eigenvalue weighted by Gasteiger charge is -2.07. The second-order valence-corrected chi connectivity index (χ2v) is 6.62. The van der Waals surface area contributed by atoms with Crippen LogP contribution in [0.5, 0.6) is 0 Å². The number of pyridine rings is 1. The predicted octanol–water partition coefficient (Wildman–Crippen LogP) is 3.84. The van der Waals surface area contributed by atoms with Crippen LogP contribution in [0.15, 0.2) is 60.9 Å². The van der Waals surface area contributed by atoms with Crippen LogP contribution in [0.4, 0.5) is 5.69 Å². The molecule has 1 aromatic carbocycles. The van der Waals surface area contributed by atoms with E-state index in [0.29, 0.717) is 13.0 Å². The number of nitrogens with zero attached hydrogens (tertiary/aromatic N) is 4. The van der Waals surface area contributed by atoms with Gasteiger partial charge in [-0.3, -0.25) is 9.48 Å². The van der Waals surface area contributed by atoms with Crippen molar-refractivity contribution in [2.24, 2.45) is 0 Å². The number of aromatic nitrogens is 4. The van der Waals surface area contributed by atoms with Crippen molar-refractivity contribution in [2.75, 3.05) is 5.32 Å². The molecule has 0 radical (unpaired) electrons. The van der Waals surface area contributed by atoms with E-state index in [0.717, 1.165) is 34.0 Å². The largest absolute Gasteiger partial charge is 0.326 e. The molecular weight excluding hydrogens is 338 g/mol. The number of hydrogen-bond acceptors (Lipinski definition) is 3. The maximum atomic E-state index is 12.2. The summed E-state index contributed by atoms with van der Waals surface area (Å²) in [5, 5.41) is 7.32. The maximum Gasteiger partial charge on any atom is 0.226 e. The standard InChI is InChI=1S/C21H21N5O/c1-15-13-16(2)26(24-15)12-10-21(27)22-18-8-6-17(7-9-18)19-14-25-11-4-3-5-20(25)23-19/h3-9,11,13-14H,10,12H2,1-2H3,(H,22,27). The molecule has 0 saturated carbocycles. The zero-order valence-corrected chi connectivity index (χ0v) is 15.4. The molecule has 1 amide bonds. The fourth-order valence-electron chi connectivity index (χ4n) is 3.13. The summed E-state index contributed by atoms with van der Waals surface area (Å²) >= 11 is 0. The van der Waals surface area contributed by atoms with Crippen LogP contribution in [0.3, 0.4) is 0 Å². The third kappa shape index (κ3) is 3.74. The van der Waals surface area contributed by atoms with E-state index in [1.165, 1.54) is 0 Å². The molecule has 6 nitrogen and oxygen atoms in total. The van der Waals surface area contributed by atoms with Gasteiger partial charge < -0.3 is 9.72 Å². The number of aryl methyl sites for hydroxylation is 3. The van der Waals surface area contributed by atoms with Gasteiger partial charge >= 0.3 is 0 Å². The average Bonchev–Trinajstić information content (AvgIpc) is 3.23. The Kier molecular flexibility index (Phi) is 4.46. The van der Waals surface area contributed by atoms with E-state index in [1.54, 1.807) is 0 Å². The third-order valence-corrected chi connectivity index (χ3v) is 4.48. The molecule has 4 rings (SSSR count). The molecule has 0 atom stereocenters. The summed E-state index contributed by atoms with van der Waals surface area (Å²) in [6.45, 7) is 4.52. The van der Waals surface area contributed by atoms with Crippen molar-refractivity contribution in [2.45, 2.75) is 26.8 Å². The number of fused-ring (bicyclic) bond motifs is 1. The van der Waals surface area contributed by atoms with Crippen molar-refractivity contribution >= 4 is 17.2 Å². The lowest BCUT2D eigenvalue weighted by Crippen LogP contribution is -2.15. The second-order valence-electron chi connectivity index (χ2n) is 6.62. The predicted molar refractivity (Wildman–Crippen MR) is 106 cm³/mol. The molecule has 0 bridgehead atoms. The Bertz CT molecular complexity index is 1060. The zero-order valence-electron chi connectivity index (χ0n) is 15.4. The van der Waals surface area contributed by atoms with Crippen molar-refractivity contribution in [1.29, 1.82) is 0 Å². The summed E-state index contributed by atoms with van der Waals surface area (Å²) < 4.78 is 3.85. The Morgan fingerprint density at radius 1 is 1.11 bits per heavy atom. The molecule has 1 N–H and O–H groups in total. The summed E-state index contributed by atoms with van der Waals surface area (Å²) in [4.78, 5) is 16.8. The van der Waals surface area contributed by atoms with E-state index in [4.69, 9.17) is 0 Å². The molecule has 3 aromatic heterocycles. The van der Waals surface area contributed by atoms with Crippen LogP contribution in [-0.2, 0) is 11.3 Å². The van der Waals surface area contributed by atoms with Gasteiger partial charge in [0.15, 0.2) is 0 Å². The number of imidazole rings is 1. The van der Waals surface area contributed by atoms with Crippen LogP contribution in [-0.4, -0.2) is 25.1 Å². The fourth-order valence-corrected chi connectivity index (χ4v) is 3.13. The molecule has 4 aromatic rings. The molecule has 3 heterocycles. The normalized spacial score (nSPS) is 11.0. The van der Waals surface area contributed by atoms with E-state index in [-0.39, 0.29) is 5.91 Å². The fraction of sp³-hybridized carbons (Fsp3) is 0.190. The highest BCUT2D eigenvalue weighted by Gasteiger charge is 2.07. The lowest BCUT2D eigenvalue weighted by molar-refractivity contribution is -0.116. The summed E-state index contributed by atoms with van der Waals surface area (Å²) in [7, 11) is 0. The number of nitrogens with one attached hydrogen (secondary N) is 1.